The van der Waals surface area contributed by atoms with Crippen molar-refractivity contribution in [1.29, 1.82) is 0 Å². The summed E-state index contributed by atoms with van der Waals surface area (Å²) in [7, 11) is 0. The van der Waals surface area contributed by atoms with Crippen molar-refractivity contribution in [3.05, 3.63) is 88.9 Å². The van der Waals surface area contributed by atoms with Gasteiger partial charge in [-0.3, -0.25) is 4.79 Å². The van der Waals surface area contributed by atoms with Gasteiger partial charge in [-0.1, -0.05) is 59.8 Å². The summed E-state index contributed by atoms with van der Waals surface area (Å²) in [6.07, 6.45) is 1.58. The molecule has 0 aliphatic carbocycles. The quantitative estimate of drug-likeness (QED) is 0.203. The maximum atomic E-state index is 12.1. The van der Waals surface area contributed by atoms with Gasteiger partial charge < -0.3 is 4.74 Å². The molecule has 0 unspecified atom stereocenters. The Kier molecular flexibility index (Phi) is 7.19. The fourth-order valence-electron chi connectivity index (χ4n) is 2.75. The number of hydrogen-bond acceptors (Lipinski definition) is 6. The standard InChI is InChI=1S/C23H18ClN3O2S2/c24-18-8-5-6-16(12-18)14-29-20-10-3-1-7-17(20)13-25-27-22(28)15-30-23-26-19-9-2-4-11-21(19)31-23/h1-13H,14-15H2,(H,27,28)/b25-13+. The van der Waals surface area contributed by atoms with Crippen molar-refractivity contribution < 1.29 is 9.53 Å². The predicted octanol–water partition coefficient (Wildman–Crippen LogP) is 5.77. The number of hydrazone groups is 1. The highest BCUT2D eigenvalue weighted by atomic mass is 35.5. The van der Waals surface area contributed by atoms with Gasteiger partial charge in [0.15, 0.2) is 4.34 Å². The Hall–Kier alpha value is -2.87. The van der Waals surface area contributed by atoms with E-state index in [0.717, 1.165) is 25.7 Å². The summed E-state index contributed by atoms with van der Waals surface area (Å²) in [4.78, 5) is 16.6. The molecule has 3 aromatic carbocycles. The van der Waals surface area contributed by atoms with E-state index in [4.69, 9.17) is 16.3 Å². The fourth-order valence-corrected chi connectivity index (χ4v) is 4.83. The van der Waals surface area contributed by atoms with Crippen LogP contribution in [-0.4, -0.2) is 22.9 Å². The highest BCUT2D eigenvalue weighted by molar-refractivity contribution is 8.01. The van der Waals surface area contributed by atoms with Crippen molar-refractivity contribution in [2.24, 2.45) is 5.10 Å². The summed E-state index contributed by atoms with van der Waals surface area (Å²) in [5.41, 5.74) is 5.24. The number of aromatic nitrogens is 1. The van der Waals surface area contributed by atoms with Crippen LogP contribution < -0.4 is 10.2 Å². The van der Waals surface area contributed by atoms with Crippen LogP contribution in [0.25, 0.3) is 10.2 Å². The molecule has 0 atom stereocenters. The molecule has 1 aromatic heterocycles. The number of nitrogens with zero attached hydrogens (tertiary/aromatic N) is 2. The Bertz CT molecular complexity index is 1190. The topological polar surface area (TPSA) is 63.6 Å². The van der Waals surface area contributed by atoms with E-state index in [1.54, 1.807) is 17.6 Å². The SMILES string of the molecule is O=C(CSc1nc2ccccc2s1)N/N=C/c1ccccc1OCc1cccc(Cl)c1. The summed E-state index contributed by atoms with van der Waals surface area (Å²) < 4.78 is 7.87. The molecule has 0 bridgehead atoms. The number of rotatable bonds is 8. The molecule has 31 heavy (non-hydrogen) atoms. The molecule has 8 heteroatoms. The first kappa shape index (κ1) is 21.4. The maximum Gasteiger partial charge on any atom is 0.250 e. The number of thiazole rings is 1. The monoisotopic (exact) mass is 467 g/mol. The van der Waals surface area contributed by atoms with Gasteiger partial charge >= 0.3 is 0 Å². The zero-order valence-electron chi connectivity index (χ0n) is 16.3. The maximum absolute atomic E-state index is 12.1. The molecule has 1 N–H and O–H groups in total. The van der Waals surface area contributed by atoms with Gasteiger partial charge in [0.2, 0.25) is 0 Å². The van der Waals surface area contributed by atoms with Gasteiger partial charge in [0, 0.05) is 10.6 Å². The van der Waals surface area contributed by atoms with Crippen molar-refractivity contribution in [2.45, 2.75) is 10.9 Å². The van der Waals surface area contributed by atoms with Crippen molar-refractivity contribution in [2.75, 3.05) is 5.75 Å². The van der Waals surface area contributed by atoms with E-state index in [1.165, 1.54) is 11.8 Å². The molecule has 0 spiro atoms. The first-order valence-corrected chi connectivity index (χ1v) is 11.6. The Labute approximate surface area is 193 Å². The van der Waals surface area contributed by atoms with Gasteiger partial charge in [-0.2, -0.15) is 5.10 Å². The van der Waals surface area contributed by atoms with Crippen LogP contribution in [0.5, 0.6) is 5.75 Å². The second-order valence-corrected chi connectivity index (χ2v) is 9.18. The van der Waals surface area contributed by atoms with E-state index in [1.807, 2.05) is 72.8 Å². The number of halogens is 1. The lowest BCUT2D eigenvalue weighted by Crippen LogP contribution is -2.19. The van der Waals surface area contributed by atoms with Gasteiger partial charge in [0.05, 0.1) is 22.2 Å². The van der Waals surface area contributed by atoms with Gasteiger partial charge in [-0.05, 0) is 42.0 Å². The number of thioether (sulfide) groups is 1. The molecule has 1 amide bonds. The molecule has 0 radical (unpaired) electrons. The zero-order valence-corrected chi connectivity index (χ0v) is 18.7. The lowest BCUT2D eigenvalue weighted by Gasteiger charge is -2.09. The van der Waals surface area contributed by atoms with Crippen LogP contribution in [0.4, 0.5) is 0 Å². The highest BCUT2D eigenvalue weighted by Crippen LogP contribution is 2.29. The average Bonchev–Trinajstić information content (AvgIpc) is 3.20. The third kappa shape index (κ3) is 6.07. The van der Waals surface area contributed by atoms with Crippen LogP contribution in [0.15, 0.2) is 82.2 Å². The second kappa shape index (κ2) is 10.4. The third-order valence-electron chi connectivity index (χ3n) is 4.20. The lowest BCUT2D eigenvalue weighted by atomic mass is 10.2. The van der Waals surface area contributed by atoms with Crippen molar-refractivity contribution in [1.82, 2.24) is 10.4 Å². The first-order chi connectivity index (χ1) is 15.2. The average molecular weight is 468 g/mol. The smallest absolute Gasteiger partial charge is 0.250 e. The van der Waals surface area contributed by atoms with Gasteiger partial charge in [-0.25, -0.2) is 10.4 Å². The number of carbonyl (C=O) groups is 1. The molecule has 4 rings (SSSR count). The number of amides is 1. The van der Waals surface area contributed by atoms with Crippen molar-refractivity contribution in [3.63, 3.8) is 0 Å². The van der Waals surface area contributed by atoms with Crippen LogP contribution >= 0.6 is 34.7 Å². The minimum Gasteiger partial charge on any atom is -0.488 e. The Morgan fingerprint density at radius 3 is 2.84 bits per heavy atom. The van der Waals surface area contributed by atoms with Crippen LogP contribution in [0.2, 0.25) is 5.02 Å². The van der Waals surface area contributed by atoms with Gasteiger partial charge in [0.1, 0.15) is 12.4 Å². The van der Waals surface area contributed by atoms with Crippen molar-refractivity contribution >= 4 is 57.0 Å². The van der Waals surface area contributed by atoms with E-state index in [9.17, 15) is 4.79 Å². The summed E-state index contributed by atoms with van der Waals surface area (Å²) in [5, 5.41) is 4.74. The molecule has 0 fully saturated rings. The van der Waals surface area contributed by atoms with E-state index in [0.29, 0.717) is 17.4 Å². The lowest BCUT2D eigenvalue weighted by molar-refractivity contribution is -0.118. The summed E-state index contributed by atoms with van der Waals surface area (Å²) >= 11 is 8.99. The number of benzene rings is 3. The Morgan fingerprint density at radius 2 is 1.97 bits per heavy atom. The Morgan fingerprint density at radius 1 is 1.13 bits per heavy atom. The number of fused-ring (bicyclic) bond motifs is 1. The van der Waals surface area contributed by atoms with E-state index in [-0.39, 0.29) is 11.7 Å². The molecule has 0 saturated heterocycles. The summed E-state index contributed by atoms with van der Waals surface area (Å²) in [6.45, 7) is 0.385. The molecule has 0 aliphatic heterocycles. The Balaban J connectivity index is 1.30. The second-order valence-electron chi connectivity index (χ2n) is 6.49. The fraction of sp³-hybridized carbons (Fsp3) is 0.0870. The van der Waals surface area contributed by atoms with Gasteiger partial charge in [0.25, 0.3) is 5.91 Å². The molecule has 5 nitrogen and oxygen atoms in total. The zero-order chi connectivity index (χ0) is 21.5. The predicted molar refractivity (Wildman–Crippen MR) is 128 cm³/mol. The molecule has 1 heterocycles. The molecule has 0 aliphatic rings. The number of nitrogens with one attached hydrogen (secondary N) is 1. The first-order valence-electron chi connectivity index (χ1n) is 9.44. The minimum atomic E-state index is -0.196. The van der Waals surface area contributed by atoms with E-state index < -0.39 is 0 Å². The molecule has 156 valence electrons. The molecular weight excluding hydrogens is 450 g/mol. The molecule has 4 aromatic rings. The van der Waals surface area contributed by atoms with E-state index in [2.05, 4.69) is 15.5 Å². The van der Waals surface area contributed by atoms with Crippen LogP contribution in [0, 0.1) is 0 Å². The third-order valence-corrected chi connectivity index (χ3v) is 6.61. The summed E-state index contributed by atoms with van der Waals surface area (Å²) in [5.74, 6) is 0.714. The molecular formula is C23H18ClN3O2S2. The number of hydrogen-bond donors (Lipinski definition) is 1. The van der Waals surface area contributed by atoms with Crippen molar-refractivity contribution in [3.8, 4) is 5.75 Å². The summed E-state index contributed by atoms with van der Waals surface area (Å²) in [6, 6.07) is 22.9. The number of ether oxygens (including phenoxy) is 1. The van der Waals surface area contributed by atoms with E-state index >= 15 is 0 Å². The number of para-hydroxylation sites is 2. The minimum absolute atomic E-state index is 0.196. The number of carbonyl (C=O) groups excluding carboxylic acids is 1. The van der Waals surface area contributed by atoms with Crippen LogP contribution in [0.3, 0.4) is 0 Å². The van der Waals surface area contributed by atoms with Gasteiger partial charge in [-0.15, -0.1) is 11.3 Å². The van der Waals surface area contributed by atoms with Crippen LogP contribution in [0.1, 0.15) is 11.1 Å². The highest BCUT2D eigenvalue weighted by Gasteiger charge is 2.07. The normalized spacial score (nSPS) is 11.1. The largest absolute Gasteiger partial charge is 0.488 e. The van der Waals surface area contributed by atoms with Crippen LogP contribution in [-0.2, 0) is 11.4 Å². The molecule has 0 saturated carbocycles.